The fourth-order valence-corrected chi connectivity index (χ4v) is 6.91. The van der Waals surface area contributed by atoms with E-state index in [1.165, 1.54) is 18.2 Å². The number of aryl methyl sites for hydroxylation is 2. The highest BCUT2D eigenvalue weighted by Crippen LogP contribution is 2.49. The highest BCUT2D eigenvalue weighted by Gasteiger charge is 2.46. The molecule has 2 aliphatic carbocycles. The summed E-state index contributed by atoms with van der Waals surface area (Å²) in [5.41, 5.74) is 3.61. The molecule has 10 heteroatoms. The molecule has 2 aliphatic rings. The number of hydrogen-bond acceptors (Lipinski definition) is 4. The SMILES string of the molecule is Cn1ccnc1CN(C(=O)[C@@H]1C[C@H]1c1ccc(Cl)cc1)c1ccc2c(c1)[C@H](NS(=O)(=O)c1cccc(F)c1)CC2. The number of anilines is 1. The van der Waals surface area contributed by atoms with Crippen LogP contribution in [0.1, 0.15) is 47.3 Å². The molecule has 206 valence electrons. The molecular formula is C30H28ClFN4O3S. The fourth-order valence-electron chi connectivity index (χ4n) is 5.50. The normalized spacial score (nSPS) is 19.8. The zero-order valence-electron chi connectivity index (χ0n) is 21.8. The largest absolute Gasteiger partial charge is 0.337 e. The minimum atomic E-state index is -3.94. The quantitative estimate of drug-likeness (QED) is 0.299. The van der Waals surface area contributed by atoms with Crippen molar-refractivity contribution in [1.82, 2.24) is 14.3 Å². The van der Waals surface area contributed by atoms with E-state index < -0.39 is 21.9 Å². The van der Waals surface area contributed by atoms with Gasteiger partial charge in [0.05, 0.1) is 11.4 Å². The molecule has 3 aromatic carbocycles. The molecule has 7 nitrogen and oxygen atoms in total. The van der Waals surface area contributed by atoms with Crippen molar-refractivity contribution in [2.75, 3.05) is 4.90 Å². The van der Waals surface area contributed by atoms with Gasteiger partial charge in [-0.1, -0.05) is 35.9 Å². The summed E-state index contributed by atoms with van der Waals surface area (Å²) in [6.07, 6.45) is 5.55. The first-order valence-corrected chi connectivity index (χ1v) is 15.0. The van der Waals surface area contributed by atoms with E-state index in [2.05, 4.69) is 9.71 Å². The van der Waals surface area contributed by atoms with Gasteiger partial charge in [0.25, 0.3) is 0 Å². The molecular weight excluding hydrogens is 551 g/mol. The van der Waals surface area contributed by atoms with Crippen molar-refractivity contribution in [2.45, 2.75) is 42.7 Å². The van der Waals surface area contributed by atoms with Gasteiger partial charge >= 0.3 is 0 Å². The zero-order chi connectivity index (χ0) is 28.0. The lowest BCUT2D eigenvalue weighted by atomic mass is 10.1. The number of sulfonamides is 1. The summed E-state index contributed by atoms with van der Waals surface area (Å²) in [7, 11) is -2.06. The molecule has 0 radical (unpaired) electrons. The standard InChI is InChI=1S/C30H28ClFN4O3S/c1-35-14-13-33-29(35)18-36(30(37)27-17-25(27)19-5-9-21(31)10-6-19)23-11-7-20-8-12-28(26(20)16-23)34-40(38,39)24-4-2-3-22(32)15-24/h2-7,9-11,13-16,25,27-28,34H,8,12,17-18H2,1H3/t25-,27+,28+/m0/s1. The van der Waals surface area contributed by atoms with Gasteiger partial charge in [0.1, 0.15) is 11.6 Å². The average Bonchev–Trinajstić information content (AvgIpc) is 3.49. The van der Waals surface area contributed by atoms with Gasteiger partial charge in [-0.3, -0.25) is 4.79 Å². The molecule has 0 unspecified atom stereocenters. The number of fused-ring (bicyclic) bond motifs is 1. The second kappa shape index (κ2) is 10.5. The van der Waals surface area contributed by atoms with Gasteiger partial charge in [-0.25, -0.2) is 22.5 Å². The summed E-state index contributed by atoms with van der Waals surface area (Å²) < 4.78 is 44.5. The first-order valence-electron chi connectivity index (χ1n) is 13.1. The van der Waals surface area contributed by atoms with Gasteiger partial charge in [0.2, 0.25) is 15.9 Å². The first-order chi connectivity index (χ1) is 19.2. The molecule has 4 aromatic rings. The number of hydrogen-bond donors (Lipinski definition) is 1. The molecule has 0 spiro atoms. The summed E-state index contributed by atoms with van der Waals surface area (Å²) in [6, 6.07) is 17.9. The molecule has 1 N–H and O–H groups in total. The van der Waals surface area contributed by atoms with Crippen molar-refractivity contribution < 1.29 is 17.6 Å². The summed E-state index contributed by atoms with van der Waals surface area (Å²) >= 11 is 6.06. The van der Waals surface area contributed by atoms with Crippen LogP contribution in [0.4, 0.5) is 10.1 Å². The van der Waals surface area contributed by atoms with Crippen LogP contribution in [0.15, 0.2) is 84.0 Å². The smallest absolute Gasteiger partial charge is 0.241 e. The molecule has 1 aromatic heterocycles. The molecule has 0 bridgehead atoms. The minimum absolute atomic E-state index is 0.00205. The molecule has 1 saturated carbocycles. The van der Waals surface area contributed by atoms with Crippen molar-refractivity contribution in [2.24, 2.45) is 13.0 Å². The van der Waals surface area contributed by atoms with Crippen LogP contribution in [-0.4, -0.2) is 23.9 Å². The number of aromatic nitrogens is 2. The molecule has 1 fully saturated rings. The van der Waals surface area contributed by atoms with Crippen LogP contribution in [0.25, 0.3) is 0 Å². The zero-order valence-corrected chi connectivity index (χ0v) is 23.4. The van der Waals surface area contributed by atoms with Crippen LogP contribution in [-0.2, 0) is 34.8 Å². The Morgan fingerprint density at radius 1 is 1.15 bits per heavy atom. The van der Waals surface area contributed by atoms with Gasteiger partial charge in [-0.05, 0) is 84.3 Å². The Hall–Kier alpha value is -3.53. The minimum Gasteiger partial charge on any atom is -0.337 e. The lowest BCUT2D eigenvalue weighted by molar-refractivity contribution is -0.120. The Morgan fingerprint density at radius 2 is 1.95 bits per heavy atom. The summed E-state index contributed by atoms with van der Waals surface area (Å²) in [6.45, 7) is 0.282. The molecule has 1 heterocycles. The molecule has 3 atom stereocenters. The maximum Gasteiger partial charge on any atom is 0.241 e. The molecule has 1 amide bonds. The second-order valence-electron chi connectivity index (χ2n) is 10.4. The number of amides is 1. The summed E-state index contributed by atoms with van der Waals surface area (Å²) in [5.74, 6) is 0.0713. The van der Waals surface area contributed by atoms with Crippen molar-refractivity contribution in [3.8, 4) is 0 Å². The second-order valence-corrected chi connectivity index (χ2v) is 12.6. The van der Waals surface area contributed by atoms with E-state index in [1.807, 2.05) is 60.3 Å². The highest BCUT2D eigenvalue weighted by molar-refractivity contribution is 7.89. The molecule has 6 rings (SSSR count). The Kier molecular flexibility index (Phi) is 6.98. The summed E-state index contributed by atoms with van der Waals surface area (Å²) in [4.78, 5) is 20.0. The third-order valence-electron chi connectivity index (χ3n) is 7.82. The van der Waals surface area contributed by atoms with Crippen molar-refractivity contribution >= 4 is 33.2 Å². The van der Waals surface area contributed by atoms with Gasteiger partial charge < -0.3 is 9.47 Å². The van der Waals surface area contributed by atoms with Gasteiger partial charge in [0.15, 0.2) is 0 Å². The van der Waals surface area contributed by atoms with E-state index in [1.54, 1.807) is 11.1 Å². The van der Waals surface area contributed by atoms with E-state index >= 15 is 0 Å². The lowest BCUT2D eigenvalue weighted by Gasteiger charge is -2.25. The fraction of sp³-hybridized carbons (Fsp3) is 0.267. The number of halogens is 2. The van der Waals surface area contributed by atoms with Gasteiger partial charge in [-0.15, -0.1) is 0 Å². The van der Waals surface area contributed by atoms with Crippen LogP contribution in [0.5, 0.6) is 0 Å². The van der Waals surface area contributed by atoms with Gasteiger partial charge in [0, 0.05) is 42.1 Å². The predicted octanol–water partition coefficient (Wildman–Crippen LogP) is 5.52. The number of nitrogens with one attached hydrogen (secondary N) is 1. The van der Waals surface area contributed by atoms with E-state index in [0.29, 0.717) is 23.6 Å². The lowest BCUT2D eigenvalue weighted by Crippen LogP contribution is -2.33. The Bertz CT molecular complexity index is 1690. The number of imidazole rings is 1. The maximum absolute atomic E-state index is 13.9. The van der Waals surface area contributed by atoms with Crippen molar-refractivity contribution in [1.29, 1.82) is 0 Å². The van der Waals surface area contributed by atoms with Gasteiger partial charge in [-0.2, -0.15) is 0 Å². The van der Waals surface area contributed by atoms with E-state index in [0.717, 1.165) is 35.0 Å². The molecule has 0 aliphatic heterocycles. The third kappa shape index (κ3) is 5.29. The Balaban J connectivity index is 1.29. The van der Waals surface area contributed by atoms with Crippen LogP contribution in [0.3, 0.4) is 0 Å². The van der Waals surface area contributed by atoms with Crippen molar-refractivity contribution in [3.05, 3.63) is 112 Å². The predicted molar refractivity (Wildman–Crippen MR) is 151 cm³/mol. The van der Waals surface area contributed by atoms with E-state index in [9.17, 15) is 17.6 Å². The Morgan fingerprint density at radius 3 is 2.67 bits per heavy atom. The summed E-state index contributed by atoms with van der Waals surface area (Å²) in [5, 5.41) is 0.657. The van der Waals surface area contributed by atoms with E-state index in [4.69, 9.17) is 11.6 Å². The monoisotopic (exact) mass is 578 g/mol. The van der Waals surface area contributed by atoms with E-state index in [-0.39, 0.29) is 29.2 Å². The highest BCUT2D eigenvalue weighted by atomic mass is 35.5. The van der Waals surface area contributed by atoms with Crippen LogP contribution in [0, 0.1) is 11.7 Å². The number of carbonyl (C=O) groups excluding carboxylic acids is 1. The number of nitrogens with zero attached hydrogens (tertiary/aromatic N) is 3. The van der Waals surface area contributed by atoms with Crippen LogP contribution < -0.4 is 9.62 Å². The maximum atomic E-state index is 13.9. The number of benzene rings is 3. The van der Waals surface area contributed by atoms with Crippen molar-refractivity contribution in [3.63, 3.8) is 0 Å². The third-order valence-corrected chi connectivity index (χ3v) is 9.54. The number of carbonyl (C=O) groups is 1. The van der Waals surface area contributed by atoms with Crippen LogP contribution in [0.2, 0.25) is 5.02 Å². The topological polar surface area (TPSA) is 84.3 Å². The first kappa shape index (κ1) is 26.7. The number of rotatable bonds is 8. The molecule has 40 heavy (non-hydrogen) atoms. The molecule has 0 saturated heterocycles. The Labute approximate surface area is 237 Å². The van der Waals surface area contributed by atoms with Crippen LogP contribution >= 0.6 is 11.6 Å². The average molecular weight is 579 g/mol.